The fourth-order valence-corrected chi connectivity index (χ4v) is 4.86. The number of carbonyl (C=O) groups excluding carboxylic acids is 2. The zero-order chi connectivity index (χ0) is 37.5. The van der Waals surface area contributed by atoms with Crippen molar-refractivity contribution in [2.75, 3.05) is 13.2 Å². The molecule has 1 heterocycles. The second-order valence-corrected chi connectivity index (χ2v) is 11.2. The third-order valence-electron chi connectivity index (χ3n) is 7.48. The normalized spacial score (nSPS) is 16.4. The van der Waals surface area contributed by atoms with Crippen molar-refractivity contribution in [3.05, 3.63) is 77.7 Å². The van der Waals surface area contributed by atoms with Crippen molar-refractivity contribution in [3.63, 3.8) is 0 Å². The number of carbonyl (C=O) groups is 4. The van der Waals surface area contributed by atoms with Crippen LogP contribution < -0.4 is 11.1 Å². The van der Waals surface area contributed by atoms with E-state index in [1.165, 1.54) is 0 Å². The molecule has 1 fully saturated rings. The van der Waals surface area contributed by atoms with E-state index in [4.69, 9.17) is 30.3 Å². The number of rotatable bonds is 10. The van der Waals surface area contributed by atoms with Crippen molar-refractivity contribution < 1.29 is 60.5 Å². The Morgan fingerprint density at radius 1 is 0.900 bits per heavy atom. The number of amides is 1. The average molecular weight is 717 g/mol. The predicted molar refractivity (Wildman–Crippen MR) is 167 cm³/mol. The molecule has 1 atom stereocenters. The Balaban J connectivity index is 0.000000521. The van der Waals surface area contributed by atoms with Crippen LogP contribution in [0.25, 0.3) is 11.3 Å². The average Bonchev–Trinajstić information content (AvgIpc) is 3.56. The van der Waals surface area contributed by atoms with Gasteiger partial charge in [-0.3, -0.25) is 9.59 Å². The number of alkyl halides is 6. The van der Waals surface area contributed by atoms with Gasteiger partial charge >= 0.3 is 30.3 Å². The maximum absolute atomic E-state index is 13.2. The lowest BCUT2D eigenvalue weighted by Gasteiger charge is -2.28. The van der Waals surface area contributed by atoms with Gasteiger partial charge in [-0.25, -0.2) is 14.6 Å². The van der Waals surface area contributed by atoms with Crippen LogP contribution in [0.5, 0.6) is 0 Å². The molecule has 2 aromatic carbocycles. The second-order valence-electron chi connectivity index (χ2n) is 11.2. The number of imidazole rings is 1. The van der Waals surface area contributed by atoms with Gasteiger partial charge in [-0.05, 0) is 68.2 Å². The molecule has 0 radical (unpaired) electrons. The molecule has 1 amide bonds. The number of hydrogen-bond acceptors (Lipinski definition) is 7. The van der Waals surface area contributed by atoms with Crippen LogP contribution in [0.2, 0.25) is 0 Å². The first-order chi connectivity index (χ1) is 23.4. The number of aliphatic carboxylic acids is 2. The number of carboxylic acid groups (broad SMARTS) is 2. The number of H-pyrrole nitrogens is 1. The highest BCUT2D eigenvalue weighted by Gasteiger charge is 2.39. The van der Waals surface area contributed by atoms with Crippen molar-refractivity contribution in [2.24, 2.45) is 17.6 Å². The van der Waals surface area contributed by atoms with Crippen LogP contribution in [0.1, 0.15) is 55.6 Å². The molecule has 0 saturated heterocycles. The summed E-state index contributed by atoms with van der Waals surface area (Å²) in [7, 11) is 0. The molecule has 1 aliphatic carbocycles. The summed E-state index contributed by atoms with van der Waals surface area (Å²) in [5.41, 5.74) is 9.69. The summed E-state index contributed by atoms with van der Waals surface area (Å²) >= 11 is 0. The Morgan fingerprint density at radius 2 is 1.44 bits per heavy atom. The quantitative estimate of drug-likeness (QED) is 0.131. The number of benzene rings is 2. The molecule has 1 saturated carbocycles. The van der Waals surface area contributed by atoms with Crippen molar-refractivity contribution in [2.45, 2.75) is 63.8 Å². The summed E-state index contributed by atoms with van der Waals surface area (Å²) in [5, 5.41) is 17.5. The highest BCUT2D eigenvalue weighted by atomic mass is 19.4. The molecule has 17 heteroatoms. The predicted octanol–water partition coefficient (Wildman–Crippen LogP) is 5.61. The fourth-order valence-electron chi connectivity index (χ4n) is 4.86. The van der Waals surface area contributed by atoms with Gasteiger partial charge in [-0.1, -0.05) is 54.6 Å². The Bertz CT molecular complexity index is 1500. The lowest BCUT2D eigenvalue weighted by molar-refractivity contribution is -0.193. The molecule has 0 spiro atoms. The molecule has 11 nitrogen and oxygen atoms in total. The summed E-state index contributed by atoms with van der Waals surface area (Å²) in [5.74, 6) is -4.37. The Labute approximate surface area is 283 Å². The summed E-state index contributed by atoms with van der Waals surface area (Å²) in [6.07, 6.45) is -3.69. The fraction of sp³-hybridized carbons (Fsp3) is 0.424. The lowest BCUT2D eigenvalue weighted by atomic mass is 9.81. The van der Waals surface area contributed by atoms with E-state index in [1.807, 2.05) is 42.5 Å². The number of ether oxygens (including phenoxy) is 1. The van der Waals surface area contributed by atoms with E-state index in [2.05, 4.69) is 27.4 Å². The summed E-state index contributed by atoms with van der Waals surface area (Å²) in [6, 6.07) is 17.7. The highest BCUT2D eigenvalue weighted by Crippen LogP contribution is 2.29. The molecule has 0 unspecified atom stereocenters. The minimum Gasteiger partial charge on any atom is -0.475 e. The zero-order valence-electron chi connectivity index (χ0n) is 26.9. The van der Waals surface area contributed by atoms with E-state index in [1.54, 1.807) is 13.1 Å². The van der Waals surface area contributed by atoms with Crippen LogP contribution in [0.4, 0.5) is 26.3 Å². The molecule has 50 heavy (non-hydrogen) atoms. The van der Waals surface area contributed by atoms with Crippen molar-refractivity contribution in [1.29, 1.82) is 0 Å². The molecule has 1 aliphatic rings. The third-order valence-corrected chi connectivity index (χ3v) is 7.48. The van der Waals surface area contributed by atoms with Gasteiger partial charge in [0.1, 0.15) is 5.82 Å². The van der Waals surface area contributed by atoms with Crippen molar-refractivity contribution in [3.8, 4) is 11.3 Å². The molecular formula is C33H38F6N4O7. The molecule has 274 valence electrons. The number of halogens is 6. The number of nitrogens with zero attached hydrogens (tertiary/aromatic N) is 1. The number of aromatic nitrogens is 2. The number of carboxylic acids is 2. The molecule has 0 aliphatic heterocycles. The first kappa shape index (κ1) is 41.2. The molecule has 6 N–H and O–H groups in total. The number of hydrogen-bond donors (Lipinski definition) is 5. The van der Waals surface area contributed by atoms with Crippen LogP contribution in [0.3, 0.4) is 0 Å². The Morgan fingerprint density at radius 3 is 1.92 bits per heavy atom. The van der Waals surface area contributed by atoms with Crippen LogP contribution >= 0.6 is 0 Å². The van der Waals surface area contributed by atoms with Gasteiger partial charge in [0.25, 0.3) is 0 Å². The maximum Gasteiger partial charge on any atom is 0.490 e. The van der Waals surface area contributed by atoms with Crippen molar-refractivity contribution >= 4 is 23.8 Å². The summed E-state index contributed by atoms with van der Waals surface area (Å²) in [6.45, 7) is 2.88. The summed E-state index contributed by atoms with van der Waals surface area (Å²) in [4.78, 5) is 50.8. The molecule has 4 rings (SSSR count). The first-order valence-corrected chi connectivity index (χ1v) is 15.4. The van der Waals surface area contributed by atoms with Gasteiger partial charge in [0.2, 0.25) is 5.91 Å². The largest absolute Gasteiger partial charge is 0.490 e. The zero-order valence-corrected chi connectivity index (χ0v) is 26.9. The highest BCUT2D eigenvalue weighted by molar-refractivity contribution is 5.79. The van der Waals surface area contributed by atoms with Crippen LogP contribution in [-0.4, -0.2) is 69.5 Å². The van der Waals surface area contributed by atoms with Crippen molar-refractivity contribution in [1.82, 2.24) is 15.3 Å². The number of nitrogens with one attached hydrogen (secondary N) is 2. The van der Waals surface area contributed by atoms with E-state index in [9.17, 15) is 35.9 Å². The second kappa shape index (κ2) is 19.3. The lowest BCUT2D eigenvalue weighted by Crippen LogP contribution is -2.37. The van der Waals surface area contributed by atoms with Gasteiger partial charge in [0, 0.05) is 5.92 Å². The summed E-state index contributed by atoms with van der Waals surface area (Å²) < 4.78 is 68.5. The number of aromatic amines is 1. The van der Waals surface area contributed by atoms with Gasteiger partial charge in [-0.2, -0.15) is 26.3 Å². The standard InChI is InChI=1S/C29H36N4O3.2C2HF3O2/c1-2-36-27(34)17-21-8-12-23(13-9-21)26-19-31-28(32-26)25(16-20-6-4-3-5-7-20)33-29(35)24-14-10-22(18-30)11-15-24;2*3-2(4,5)1(6)7/h3-9,12-13,19,22,24-25H,2,10-11,14-18,30H2,1H3,(H,31,32)(H,33,35);2*(H,6,7)/t22?,24?,25-;;/m0../s1. The van der Waals surface area contributed by atoms with Gasteiger partial charge in [0.05, 0.1) is 31.0 Å². The monoisotopic (exact) mass is 716 g/mol. The molecule has 1 aromatic heterocycles. The Kier molecular flexibility index (Phi) is 15.9. The van der Waals surface area contributed by atoms with Crippen LogP contribution in [-0.2, 0) is 36.8 Å². The van der Waals surface area contributed by atoms with E-state index in [0.29, 0.717) is 25.5 Å². The van der Waals surface area contributed by atoms with Gasteiger partial charge in [-0.15, -0.1) is 0 Å². The van der Waals surface area contributed by atoms with E-state index in [0.717, 1.165) is 53.9 Å². The maximum atomic E-state index is 13.2. The minimum absolute atomic E-state index is 0.0208. The van der Waals surface area contributed by atoms with Gasteiger partial charge < -0.3 is 31.0 Å². The van der Waals surface area contributed by atoms with Crippen LogP contribution in [0, 0.1) is 11.8 Å². The molecule has 3 aromatic rings. The Hall–Kier alpha value is -4.93. The number of esters is 1. The topological polar surface area (TPSA) is 185 Å². The van der Waals surface area contributed by atoms with Crippen LogP contribution in [0.15, 0.2) is 60.8 Å². The van der Waals surface area contributed by atoms with Gasteiger partial charge in [0.15, 0.2) is 0 Å². The minimum atomic E-state index is -5.08. The number of nitrogens with two attached hydrogens (primary N) is 1. The van der Waals surface area contributed by atoms with E-state index in [-0.39, 0.29) is 30.3 Å². The first-order valence-electron chi connectivity index (χ1n) is 15.4. The van der Waals surface area contributed by atoms with E-state index < -0.39 is 24.3 Å². The SMILES string of the molecule is CCOC(=O)Cc1ccc(-c2cnc([C@H](Cc3ccccc3)NC(=O)C3CCC(CN)CC3)[nH]2)cc1.O=C(O)C(F)(F)F.O=C(O)C(F)(F)F. The molecular weight excluding hydrogens is 678 g/mol. The van der Waals surface area contributed by atoms with E-state index >= 15 is 0 Å². The third kappa shape index (κ3) is 14.3. The smallest absolute Gasteiger partial charge is 0.475 e. The molecule has 0 bridgehead atoms.